The van der Waals surface area contributed by atoms with Crippen LogP contribution in [0.5, 0.6) is 0 Å². The zero-order valence-corrected chi connectivity index (χ0v) is 15.0. The summed E-state index contributed by atoms with van der Waals surface area (Å²) in [7, 11) is 0. The molecule has 2 heterocycles. The number of nitrogens with zero attached hydrogens (tertiary/aromatic N) is 1. The smallest absolute Gasteiger partial charge is 0.0699 e. The van der Waals surface area contributed by atoms with Gasteiger partial charge in [-0.05, 0) is 59.3 Å². The zero-order valence-electron chi connectivity index (χ0n) is 14.2. The van der Waals surface area contributed by atoms with Gasteiger partial charge in [0, 0.05) is 24.5 Å². The van der Waals surface area contributed by atoms with E-state index in [0.29, 0.717) is 6.04 Å². The number of fused-ring (bicyclic) bond motifs is 1. The average Bonchev–Trinajstić information content (AvgIpc) is 2.86. The van der Waals surface area contributed by atoms with E-state index >= 15 is 0 Å². The van der Waals surface area contributed by atoms with E-state index in [1.807, 2.05) is 11.3 Å². The van der Waals surface area contributed by atoms with Crippen molar-refractivity contribution in [3.63, 3.8) is 0 Å². The second-order valence-corrected chi connectivity index (χ2v) is 7.56. The fraction of sp³-hybridized carbons (Fsp3) is 0.333. The quantitative estimate of drug-likeness (QED) is 0.752. The molecule has 1 aliphatic heterocycles. The highest BCUT2D eigenvalue weighted by atomic mass is 32.1. The topological polar surface area (TPSA) is 15.3 Å². The predicted molar refractivity (Wildman–Crippen MR) is 104 cm³/mol. The summed E-state index contributed by atoms with van der Waals surface area (Å²) >= 11 is 1.90. The second kappa shape index (κ2) is 7.06. The highest BCUT2D eigenvalue weighted by Gasteiger charge is 2.25. The number of rotatable bonds is 3. The van der Waals surface area contributed by atoms with Crippen LogP contribution in [0.2, 0.25) is 0 Å². The monoisotopic (exact) mass is 336 g/mol. The van der Waals surface area contributed by atoms with Gasteiger partial charge < -0.3 is 5.32 Å². The number of nitrogens with one attached hydrogen (secondary N) is 1. The van der Waals surface area contributed by atoms with Crippen molar-refractivity contribution in [1.29, 1.82) is 0 Å². The van der Waals surface area contributed by atoms with E-state index < -0.39 is 0 Å². The van der Waals surface area contributed by atoms with Crippen molar-refractivity contribution in [3.8, 4) is 0 Å². The molecule has 0 radical (unpaired) electrons. The van der Waals surface area contributed by atoms with Crippen LogP contribution < -0.4 is 5.32 Å². The van der Waals surface area contributed by atoms with E-state index in [4.69, 9.17) is 0 Å². The molecule has 3 aromatic rings. The lowest BCUT2D eigenvalue weighted by atomic mass is 9.98. The van der Waals surface area contributed by atoms with Crippen molar-refractivity contribution in [1.82, 2.24) is 10.2 Å². The third kappa shape index (κ3) is 3.12. The van der Waals surface area contributed by atoms with Crippen LogP contribution in [0.4, 0.5) is 0 Å². The van der Waals surface area contributed by atoms with Gasteiger partial charge in [0.2, 0.25) is 0 Å². The van der Waals surface area contributed by atoms with E-state index in [1.165, 1.54) is 33.2 Å². The Bertz CT molecular complexity index is 815. The van der Waals surface area contributed by atoms with Crippen LogP contribution in [-0.4, -0.2) is 31.1 Å². The van der Waals surface area contributed by atoms with Gasteiger partial charge in [0.25, 0.3) is 0 Å². The summed E-state index contributed by atoms with van der Waals surface area (Å²) in [4.78, 5) is 4.15. The fourth-order valence-corrected chi connectivity index (χ4v) is 4.78. The maximum atomic E-state index is 3.53. The summed E-state index contributed by atoms with van der Waals surface area (Å²) < 4.78 is 0. The molecule has 4 rings (SSSR count). The van der Waals surface area contributed by atoms with Crippen molar-refractivity contribution in [2.75, 3.05) is 26.2 Å². The molecule has 0 amide bonds. The van der Waals surface area contributed by atoms with Crippen molar-refractivity contribution in [2.45, 2.75) is 19.4 Å². The average molecular weight is 337 g/mol. The molecule has 0 saturated carbocycles. The van der Waals surface area contributed by atoms with Crippen LogP contribution >= 0.6 is 11.3 Å². The SMILES string of the molecule is Cc1ccsc1C(c1ccc2ccccc2c1)N1CCCNCC1. The minimum absolute atomic E-state index is 0.370. The van der Waals surface area contributed by atoms with Crippen molar-refractivity contribution in [3.05, 3.63) is 69.9 Å². The van der Waals surface area contributed by atoms with Gasteiger partial charge in [-0.1, -0.05) is 36.4 Å². The summed E-state index contributed by atoms with van der Waals surface area (Å²) in [5, 5.41) is 8.42. The van der Waals surface area contributed by atoms with Crippen LogP contribution in [-0.2, 0) is 0 Å². The Morgan fingerprint density at radius 2 is 1.88 bits per heavy atom. The largest absolute Gasteiger partial charge is 0.315 e. The number of aryl methyl sites for hydroxylation is 1. The van der Waals surface area contributed by atoms with Gasteiger partial charge in [-0.3, -0.25) is 4.90 Å². The fourth-order valence-electron chi connectivity index (χ4n) is 3.70. The molecule has 1 saturated heterocycles. The molecule has 1 unspecified atom stereocenters. The molecule has 1 N–H and O–H groups in total. The highest BCUT2D eigenvalue weighted by molar-refractivity contribution is 7.10. The first-order chi connectivity index (χ1) is 11.8. The third-order valence-electron chi connectivity index (χ3n) is 4.98. The van der Waals surface area contributed by atoms with Gasteiger partial charge in [-0.15, -0.1) is 11.3 Å². The lowest BCUT2D eigenvalue weighted by Crippen LogP contribution is -2.32. The number of hydrogen-bond donors (Lipinski definition) is 1. The Morgan fingerprint density at radius 3 is 2.71 bits per heavy atom. The van der Waals surface area contributed by atoms with Gasteiger partial charge in [-0.2, -0.15) is 0 Å². The molecule has 1 aromatic heterocycles. The van der Waals surface area contributed by atoms with Crippen molar-refractivity contribution < 1.29 is 0 Å². The van der Waals surface area contributed by atoms with Gasteiger partial charge in [0.15, 0.2) is 0 Å². The summed E-state index contributed by atoms with van der Waals surface area (Å²) in [6, 6.07) is 18.3. The van der Waals surface area contributed by atoms with E-state index in [1.54, 1.807) is 0 Å². The Hall–Kier alpha value is -1.68. The van der Waals surface area contributed by atoms with Crippen molar-refractivity contribution >= 4 is 22.1 Å². The maximum Gasteiger partial charge on any atom is 0.0699 e. The van der Waals surface area contributed by atoms with Crippen LogP contribution in [0, 0.1) is 6.92 Å². The number of thiophene rings is 1. The molecule has 2 nitrogen and oxygen atoms in total. The Morgan fingerprint density at radius 1 is 1.00 bits per heavy atom. The minimum atomic E-state index is 0.370. The lowest BCUT2D eigenvalue weighted by molar-refractivity contribution is 0.243. The lowest BCUT2D eigenvalue weighted by Gasteiger charge is -2.31. The van der Waals surface area contributed by atoms with E-state index in [0.717, 1.165) is 26.2 Å². The molecule has 0 spiro atoms. The summed E-state index contributed by atoms with van der Waals surface area (Å²) in [6.07, 6.45) is 1.22. The highest BCUT2D eigenvalue weighted by Crippen LogP contribution is 2.35. The van der Waals surface area contributed by atoms with E-state index in [2.05, 4.69) is 71.1 Å². The maximum absolute atomic E-state index is 3.53. The van der Waals surface area contributed by atoms with Crippen LogP contribution in [0.15, 0.2) is 53.9 Å². The normalized spacial score (nSPS) is 17.7. The van der Waals surface area contributed by atoms with Crippen LogP contribution in [0.3, 0.4) is 0 Å². The van der Waals surface area contributed by atoms with E-state index in [9.17, 15) is 0 Å². The standard InChI is InChI=1S/C21H24N2S/c1-16-9-14-24-21(16)20(23-12-4-10-22-11-13-23)19-8-7-17-5-2-3-6-18(17)15-19/h2-3,5-9,14-15,20,22H,4,10-13H2,1H3. The molecule has 0 aliphatic carbocycles. The first-order valence-corrected chi connectivity index (χ1v) is 9.68. The molecule has 1 fully saturated rings. The van der Waals surface area contributed by atoms with Gasteiger partial charge >= 0.3 is 0 Å². The molecule has 0 bridgehead atoms. The minimum Gasteiger partial charge on any atom is -0.315 e. The summed E-state index contributed by atoms with van der Waals surface area (Å²) in [6.45, 7) is 6.71. The Balaban J connectivity index is 1.79. The van der Waals surface area contributed by atoms with Crippen LogP contribution in [0.25, 0.3) is 10.8 Å². The summed E-state index contributed by atoms with van der Waals surface area (Å²) in [5.41, 5.74) is 2.83. The van der Waals surface area contributed by atoms with E-state index in [-0.39, 0.29) is 0 Å². The first-order valence-electron chi connectivity index (χ1n) is 8.80. The zero-order chi connectivity index (χ0) is 16.4. The Kier molecular flexibility index (Phi) is 4.65. The summed E-state index contributed by atoms with van der Waals surface area (Å²) in [5.74, 6) is 0. The Labute approximate surface area is 148 Å². The molecule has 3 heteroatoms. The molecular formula is C21H24N2S. The second-order valence-electron chi connectivity index (χ2n) is 6.62. The number of hydrogen-bond acceptors (Lipinski definition) is 3. The first kappa shape index (κ1) is 15.8. The van der Waals surface area contributed by atoms with Crippen LogP contribution in [0.1, 0.15) is 28.5 Å². The molecule has 24 heavy (non-hydrogen) atoms. The van der Waals surface area contributed by atoms with Gasteiger partial charge in [0.05, 0.1) is 6.04 Å². The molecule has 124 valence electrons. The third-order valence-corrected chi connectivity index (χ3v) is 6.05. The van der Waals surface area contributed by atoms with Gasteiger partial charge in [-0.25, -0.2) is 0 Å². The molecular weight excluding hydrogens is 312 g/mol. The van der Waals surface area contributed by atoms with Crippen molar-refractivity contribution in [2.24, 2.45) is 0 Å². The molecule has 2 aromatic carbocycles. The van der Waals surface area contributed by atoms with Gasteiger partial charge in [0.1, 0.15) is 0 Å². The number of benzene rings is 2. The molecule has 1 atom stereocenters. The predicted octanol–water partition coefficient (Wildman–Crippen LogP) is 4.59. The molecule has 1 aliphatic rings.